The second kappa shape index (κ2) is 3.94. The summed E-state index contributed by atoms with van der Waals surface area (Å²) in [5, 5.41) is 8.37. The fraction of sp³-hybridized carbons (Fsp3) is 0.111. The molecule has 0 radical (unpaired) electrons. The van der Waals surface area contributed by atoms with Crippen LogP contribution in [0.5, 0.6) is 0 Å². The van der Waals surface area contributed by atoms with Gasteiger partial charge < -0.3 is 5.73 Å². The van der Waals surface area contributed by atoms with E-state index in [1.54, 1.807) is 11.3 Å². The Morgan fingerprint density at radius 1 is 1.50 bits per heavy atom. The van der Waals surface area contributed by atoms with Gasteiger partial charge in [0.1, 0.15) is 5.84 Å². The topological polar surface area (TPSA) is 62.8 Å². The van der Waals surface area contributed by atoms with Crippen LogP contribution in [0.1, 0.15) is 10.6 Å². The number of thiazole rings is 1. The van der Waals surface area contributed by atoms with Gasteiger partial charge in [-0.15, -0.1) is 23.7 Å². The second-order valence-electron chi connectivity index (χ2n) is 2.80. The first-order valence-corrected chi connectivity index (χ1v) is 4.70. The lowest BCUT2D eigenvalue weighted by atomic mass is 10.2. The fourth-order valence-electron chi connectivity index (χ4n) is 1.28. The summed E-state index contributed by atoms with van der Waals surface area (Å²) < 4.78 is 1.09. The van der Waals surface area contributed by atoms with Gasteiger partial charge in [0.25, 0.3) is 0 Å². The summed E-state index contributed by atoms with van der Waals surface area (Å²) in [5.41, 5.74) is 7.01. The summed E-state index contributed by atoms with van der Waals surface area (Å²) in [6.45, 7) is 1.95. The number of aryl methyl sites for hydroxylation is 1. The van der Waals surface area contributed by atoms with Crippen molar-refractivity contribution >= 4 is 39.8 Å². The number of nitrogen functional groups attached to an aromatic ring is 1. The van der Waals surface area contributed by atoms with Crippen molar-refractivity contribution in [3.8, 4) is 0 Å². The van der Waals surface area contributed by atoms with Gasteiger partial charge in [0, 0.05) is 5.56 Å². The third kappa shape index (κ3) is 1.71. The molecule has 0 amide bonds. The van der Waals surface area contributed by atoms with Crippen LogP contribution in [0.4, 0.5) is 0 Å². The van der Waals surface area contributed by atoms with Gasteiger partial charge in [-0.3, -0.25) is 5.41 Å². The highest BCUT2D eigenvalue weighted by molar-refractivity contribution is 7.18. The van der Waals surface area contributed by atoms with Crippen LogP contribution in [0.15, 0.2) is 18.2 Å². The molecule has 1 aromatic carbocycles. The van der Waals surface area contributed by atoms with E-state index in [0.717, 1.165) is 20.8 Å². The lowest BCUT2D eigenvalue weighted by Crippen LogP contribution is -2.11. The summed E-state index contributed by atoms with van der Waals surface area (Å²) in [5.74, 6) is 0.0795. The zero-order valence-corrected chi connectivity index (χ0v) is 9.21. The largest absolute Gasteiger partial charge is 0.384 e. The predicted octanol–water partition coefficient (Wildman–Crippen LogP) is 2.31. The highest BCUT2D eigenvalue weighted by Gasteiger charge is 2.06. The number of rotatable bonds is 1. The SMILES string of the molecule is Cc1nc2c(C(=N)N)cccc2s1.Cl. The number of nitrogens with one attached hydrogen (secondary N) is 1. The molecule has 3 nitrogen and oxygen atoms in total. The zero-order chi connectivity index (χ0) is 9.42. The maximum atomic E-state index is 7.37. The van der Waals surface area contributed by atoms with E-state index in [9.17, 15) is 0 Å². The Balaban J connectivity index is 0.000000980. The third-order valence-electron chi connectivity index (χ3n) is 1.82. The molecule has 1 aromatic heterocycles. The number of para-hydroxylation sites is 1. The zero-order valence-electron chi connectivity index (χ0n) is 7.57. The fourth-order valence-corrected chi connectivity index (χ4v) is 2.13. The number of benzene rings is 1. The highest BCUT2D eigenvalue weighted by Crippen LogP contribution is 2.23. The van der Waals surface area contributed by atoms with Crippen molar-refractivity contribution in [2.24, 2.45) is 5.73 Å². The number of halogens is 1. The molecule has 0 spiro atoms. The lowest BCUT2D eigenvalue weighted by molar-refractivity contribution is 1.33. The van der Waals surface area contributed by atoms with Gasteiger partial charge in [0.05, 0.1) is 15.2 Å². The molecule has 0 unspecified atom stereocenters. The first-order chi connectivity index (χ1) is 6.18. The molecule has 0 saturated heterocycles. The lowest BCUT2D eigenvalue weighted by Gasteiger charge is -1.97. The molecule has 0 aliphatic carbocycles. The molecule has 74 valence electrons. The number of nitrogens with two attached hydrogens (primary N) is 1. The Kier molecular flexibility index (Phi) is 3.08. The number of nitrogens with zero attached hydrogens (tertiary/aromatic N) is 1. The molecule has 2 aromatic rings. The minimum absolute atomic E-state index is 0. The van der Waals surface area contributed by atoms with Crippen molar-refractivity contribution in [3.05, 3.63) is 28.8 Å². The maximum Gasteiger partial charge on any atom is 0.125 e. The summed E-state index contributed by atoms with van der Waals surface area (Å²) in [4.78, 5) is 4.33. The minimum atomic E-state index is 0. The summed E-state index contributed by atoms with van der Waals surface area (Å²) >= 11 is 1.62. The van der Waals surface area contributed by atoms with Crippen LogP contribution in [0, 0.1) is 12.3 Å². The Morgan fingerprint density at radius 3 is 2.86 bits per heavy atom. The summed E-state index contributed by atoms with van der Waals surface area (Å²) in [7, 11) is 0. The second-order valence-corrected chi connectivity index (χ2v) is 4.03. The van der Waals surface area contributed by atoms with Gasteiger partial charge in [-0.1, -0.05) is 6.07 Å². The van der Waals surface area contributed by atoms with E-state index in [1.165, 1.54) is 0 Å². The monoisotopic (exact) mass is 227 g/mol. The van der Waals surface area contributed by atoms with Gasteiger partial charge in [-0.05, 0) is 19.1 Å². The van der Waals surface area contributed by atoms with Gasteiger partial charge in [0.15, 0.2) is 0 Å². The van der Waals surface area contributed by atoms with E-state index in [2.05, 4.69) is 4.98 Å². The summed E-state index contributed by atoms with van der Waals surface area (Å²) in [6.07, 6.45) is 0. The van der Waals surface area contributed by atoms with E-state index >= 15 is 0 Å². The minimum Gasteiger partial charge on any atom is -0.384 e. The van der Waals surface area contributed by atoms with Crippen molar-refractivity contribution in [1.82, 2.24) is 4.98 Å². The number of fused-ring (bicyclic) bond motifs is 1. The van der Waals surface area contributed by atoms with Crippen LogP contribution in [0.25, 0.3) is 10.2 Å². The molecule has 0 atom stereocenters. The Labute approximate surface area is 91.9 Å². The average Bonchev–Trinajstić information content (AvgIpc) is 2.43. The molecule has 14 heavy (non-hydrogen) atoms. The number of hydrogen-bond donors (Lipinski definition) is 2. The normalized spacial score (nSPS) is 9.79. The van der Waals surface area contributed by atoms with Crippen molar-refractivity contribution in [1.29, 1.82) is 5.41 Å². The number of amidine groups is 1. The molecule has 0 aliphatic rings. The predicted molar refractivity (Wildman–Crippen MR) is 62.6 cm³/mol. The molecule has 3 N–H and O–H groups in total. The quantitative estimate of drug-likeness (QED) is 0.580. The van der Waals surface area contributed by atoms with E-state index in [4.69, 9.17) is 11.1 Å². The average molecular weight is 228 g/mol. The molecule has 0 bridgehead atoms. The van der Waals surface area contributed by atoms with Crippen molar-refractivity contribution < 1.29 is 0 Å². The van der Waals surface area contributed by atoms with Crippen LogP contribution in [0.2, 0.25) is 0 Å². The molecular weight excluding hydrogens is 218 g/mol. The third-order valence-corrected chi connectivity index (χ3v) is 2.75. The standard InChI is InChI=1S/C9H9N3S.ClH/c1-5-12-8-6(9(10)11)3-2-4-7(8)13-5;/h2-4H,1H3,(H3,10,11);1H. The van der Waals surface area contributed by atoms with Gasteiger partial charge in [0.2, 0.25) is 0 Å². The molecule has 0 aliphatic heterocycles. The highest BCUT2D eigenvalue weighted by atomic mass is 35.5. The van der Waals surface area contributed by atoms with E-state index in [0.29, 0.717) is 0 Å². The van der Waals surface area contributed by atoms with Crippen LogP contribution in [0.3, 0.4) is 0 Å². The molecule has 0 saturated carbocycles. The van der Waals surface area contributed by atoms with Crippen LogP contribution in [-0.4, -0.2) is 10.8 Å². The first-order valence-electron chi connectivity index (χ1n) is 3.89. The smallest absolute Gasteiger partial charge is 0.125 e. The molecule has 2 rings (SSSR count). The van der Waals surface area contributed by atoms with E-state index in [-0.39, 0.29) is 18.2 Å². The number of hydrogen-bond acceptors (Lipinski definition) is 3. The van der Waals surface area contributed by atoms with Crippen LogP contribution < -0.4 is 5.73 Å². The van der Waals surface area contributed by atoms with Crippen molar-refractivity contribution in [2.45, 2.75) is 6.92 Å². The molecule has 5 heteroatoms. The van der Waals surface area contributed by atoms with Crippen molar-refractivity contribution in [2.75, 3.05) is 0 Å². The van der Waals surface area contributed by atoms with Crippen LogP contribution in [-0.2, 0) is 0 Å². The molecular formula is C9H10ClN3S. The summed E-state index contributed by atoms with van der Waals surface area (Å²) in [6, 6.07) is 5.72. The Hall–Kier alpha value is -1.13. The first kappa shape index (κ1) is 10.9. The van der Waals surface area contributed by atoms with Gasteiger partial charge >= 0.3 is 0 Å². The molecule has 0 fully saturated rings. The number of aromatic nitrogens is 1. The van der Waals surface area contributed by atoms with Gasteiger partial charge in [-0.2, -0.15) is 0 Å². The van der Waals surface area contributed by atoms with Crippen molar-refractivity contribution in [3.63, 3.8) is 0 Å². The van der Waals surface area contributed by atoms with E-state index < -0.39 is 0 Å². The van der Waals surface area contributed by atoms with E-state index in [1.807, 2.05) is 25.1 Å². The van der Waals surface area contributed by atoms with Gasteiger partial charge in [-0.25, -0.2) is 4.98 Å². The van der Waals surface area contributed by atoms with Crippen LogP contribution >= 0.6 is 23.7 Å². The Bertz CT molecular complexity index is 478. The maximum absolute atomic E-state index is 7.37. The molecule has 1 heterocycles. The Morgan fingerprint density at radius 2 is 2.21 bits per heavy atom.